The van der Waals surface area contributed by atoms with Crippen molar-refractivity contribution in [3.63, 3.8) is 0 Å². The standard InChI is InChI=1S/C8H12N4/c1-5(2)6-3-7(8(9)10)12-4-11-6/h3-5H,1-2H3,(H3,9,10). The van der Waals surface area contributed by atoms with Gasteiger partial charge in [-0.1, -0.05) is 13.8 Å². The van der Waals surface area contributed by atoms with Gasteiger partial charge in [-0.3, -0.25) is 5.41 Å². The van der Waals surface area contributed by atoms with Gasteiger partial charge < -0.3 is 5.73 Å². The van der Waals surface area contributed by atoms with Gasteiger partial charge in [-0.15, -0.1) is 0 Å². The van der Waals surface area contributed by atoms with Crippen molar-refractivity contribution in [1.82, 2.24) is 9.97 Å². The molecule has 4 heteroatoms. The Kier molecular flexibility index (Phi) is 2.38. The van der Waals surface area contributed by atoms with Crippen LogP contribution in [0.15, 0.2) is 12.4 Å². The molecule has 0 fully saturated rings. The van der Waals surface area contributed by atoms with Crippen molar-refractivity contribution in [2.75, 3.05) is 0 Å². The first-order valence-electron chi connectivity index (χ1n) is 3.77. The SMILES string of the molecule is CC(C)c1cc(C(=N)N)ncn1. The molecule has 1 heterocycles. The van der Waals surface area contributed by atoms with Crippen LogP contribution in [0.4, 0.5) is 0 Å². The third kappa shape index (κ3) is 1.78. The van der Waals surface area contributed by atoms with Crippen LogP contribution in [0.25, 0.3) is 0 Å². The number of amidine groups is 1. The Bertz CT molecular complexity index is 293. The highest BCUT2D eigenvalue weighted by Crippen LogP contribution is 2.10. The summed E-state index contributed by atoms with van der Waals surface area (Å²) >= 11 is 0. The molecule has 0 saturated carbocycles. The molecule has 0 aliphatic carbocycles. The monoisotopic (exact) mass is 164 g/mol. The fourth-order valence-electron chi connectivity index (χ4n) is 0.835. The summed E-state index contributed by atoms with van der Waals surface area (Å²) in [6.07, 6.45) is 1.44. The van der Waals surface area contributed by atoms with Gasteiger partial charge in [0.1, 0.15) is 17.9 Å². The molecule has 0 aliphatic rings. The zero-order valence-corrected chi connectivity index (χ0v) is 7.20. The number of nitrogen functional groups attached to an aromatic ring is 1. The average molecular weight is 164 g/mol. The minimum Gasteiger partial charge on any atom is -0.382 e. The predicted octanol–water partition coefficient (Wildman–Crippen LogP) is 0.884. The predicted molar refractivity (Wildman–Crippen MR) is 47.1 cm³/mol. The molecular weight excluding hydrogens is 152 g/mol. The quantitative estimate of drug-likeness (QED) is 0.503. The van der Waals surface area contributed by atoms with E-state index in [1.807, 2.05) is 13.8 Å². The molecule has 3 N–H and O–H groups in total. The first-order chi connectivity index (χ1) is 5.61. The first kappa shape index (κ1) is 8.64. The number of nitrogens with zero attached hydrogens (tertiary/aromatic N) is 2. The van der Waals surface area contributed by atoms with Crippen LogP contribution in [0, 0.1) is 5.41 Å². The number of hydrogen-bond donors (Lipinski definition) is 2. The van der Waals surface area contributed by atoms with E-state index >= 15 is 0 Å². The van der Waals surface area contributed by atoms with Gasteiger partial charge in [-0.2, -0.15) is 0 Å². The highest BCUT2D eigenvalue weighted by Gasteiger charge is 2.03. The van der Waals surface area contributed by atoms with Gasteiger partial charge in [-0.05, 0) is 12.0 Å². The third-order valence-corrected chi connectivity index (χ3v) is 1.56. The van der Waals surface area contributed by atoms with E-state index in [9.17, 15) is 0 Å². The van der Waals surface area contributed by atoms with Crippen molar-refractivity contribution in [3.8, 4) is 0 Å². The number of hydrogen-bond acceptors (Lipinski definition) is 3. The van der Waals surface area contributed by atoms with E-state index in [1.54, 1.807) is 6.07 Å². The van der Waals surface area contributed by atoms with Crippen LogP contribution in [0.5, 0.6) is 0 Å². The molecule has 0 amide bonds. The van der Waals surface area contributed by atoms with Crippen molar-refractivity contribution >= 4 is 5.84 Å². The molecule has 1 rings (SSSR count). The van der Waals surface area contributed by atoms with E-state index in [0.29, 0.717) is 11.6 Å². The molecule has 0 bridgehead atoms. The Balaban J connectivity index is 3.04. The molecule has 0 radical (unpaired) electrons. The summed E-state index contributed by atoms with van der Waals surface area (Å²) in [4.78, 5) is 7.92. The van der Waals surface area contributed by atoms with Crippen LogP contribution in [-0.2, 0) is 0 Å². The van der Waals surface area contributed by atoms with Crippen molar-refractivity contribution < 1.29 is 0 Å². The lowest BCUT2D eigenvalue weighted by Gasteiger charge is -2.04. The largest absolute Gasteiger partial charge is 0.382 e. The number of nitrogens with two attached hydrogens (primary N) is 1. The Morgan fingerprint density at radius 3 is 2.67 bits per heavy atom. The van der Waals surface area contributed by atoms with Crippen LogP contribution in [-0.4, -0.2) is 15.8 Å². The summed E-state index contributed by atoms with van der Waals surface area (Å²) in [6, 6.07) is 1.74. The lowest BCUT2D eigenvalue weighted by molar-refractivity contribution is 0.812. The minimum atomic E-state index is -0.0145. The molecule has 0 unspecified atom stereocenters. The van der Waals surface area contributed by atoms with Gasteiger partial charge in [0.05, 0.1) is 0 Å². The summed E-state index contributed by atoms with van der Waals surface area (Å²) in [5.74, 6) is 0.324. The number of nitrogens with one attached hydrogen (secondary N) is 1. The molecule has 12 heavy (non-hydrogen) atoms. The second-order valence-corrected chi connectivity index (χ2v) is 2.90. The number of rotatable bonds is 2. The molecule has 64 valence electrons. The molecule has 1 aromatic heterocycles. The van der Waals surface area contributed by atoms with E-state index in [-0.39, 0.29) is 5.84 Å². The normalized spacial score (nSPS) is 10.2. The zero-order chi connectivity index (χ0) is 9.14. The van der Waals surface area contributed by atoms with Crippen molar-refractivity contribution in [1.29, 1.82) is 5.41 Å². The van der Waals surface area contributed by atoms with Crippen LogP contribution in [0.1, 0.15) is 31.2 Å². The molecule has 0 aromatic carbocycles. The van der Waals surface area contributed by atoms with E-state index in [4.69, 9.17) is 11.1 Å². The van der Waals surface area contributed by atoms with E-state index in [2.05, 4.69) is 9.97 Å². The second-order valence-electron chi connectivity index (χ2n) is 2.90. The first-order valence-corrected chi connectivity index (χ1v) is 3.77. The smallest absolute Gasteiger partial charge is 0.141 e. The highest BCUT2D eigenvalue weighted by molar-refractivity contribution is 5.92. The Labute approximate surface area is 71.4 Å². The molecule has 0 aliphatic heterocycles. The van der Waals surface area contributed by atoms with E-state index in [0.717, 1.165) is 5.69 Å². The van der Waals surface area contributed by atoms with Crippen molar-refractivity contribution in [3.05, 3.63) is 23.8 Å². The lowest BCUT2D eigenvalue weighted by atomic mass is 10.1. The zero-order valence-electron chi connectivity index (χ0n) is 7.20. The van der Waals surface area contributed by atoms with Gasteiger partial charge in [0, 0.05) is 5.69 Å². The summed E-state index contributed by atoms with van der Waals surface area (Å²) in [7, 11) is 0. The maximum Gasteiger partial charge on any atom is 0.141 e. The summed E-state index contributed by atoms with van der Waals surface area (Å²) < 4.78 is 0. The molecule has 4 nitrogen and oxygen atoms in total. The summed E-state index contributed by atoms with van der Waals surface area (Å²) in [6.45, 7) is 4.07. The molecule has 0 atom stereocenters. The maximum atomic E-state index is 7.16. The van der Waals surface area contributed by atoms with Gasteiger partial charge >= 0.3 is 0 Å². The van der Waals surface area contributed by atoms with Crippen LogP contribution >= 0.6 is 0 Å². The van der Waals surface area contributed by atoms with Gasteiger partial charge in [0.15, 0.2) is 0 Å². The Hall–Kier alpha value is -1.45. The van der Waals surface area contributed by atoms with Crippen molar-refractivity contribution in [2.45, 2.75) is 19.8 Å². The van der Waals surface area contributed by atoms with Crippen LogP contribution in [0.2, 0.25) is 0 Å². The van der Waals surface area contributed by atoms with Crippen LogP contribution in [0.3, 0.4) is 0 Å². The number of aromatic nitrogens is 2. The van der Waals surface area contributed by atoms with Crippen molar-refractivity contribution in [2.24, 2.45) is 5.73 Å². The Morgan fingerprint density at radius 1 is 1.50 bits per heavy atom. The highest BCUT2D eigenvalue weighted by atomic mass is 14.9. The Morgan fingerprint density at radius 2 is 2.17 bits per heavy atom. The fourth-order valence-corrected chi connectivity index (χ4v) is 0.835. The minimum absolute atomic E-state index is 0.0145. The fraction of sp³-hybridized carbons (Fsp3) is 0.375. The molecular formula is C8H12N4. The maximum absolute atomic E-state index is 7.16. The van der Waals surface area contributed by atoms with E-state index < -0.39 is 0 Å². The third-order valence-electron chi connectivity index (χ3n) is 1.56. The summed E-state index contributed by atoms with van der Waals surface area (Å²) in [5, 5.41) is 7.16. The second kappa shape index (κ2) is 3.30. The lowest BCUT2D eigenvalue weighted by Crippen LogP contribution is -2.14. The topological polar surface area (TPSA) is 75.7 Å². The van der Waals surface area contributed by atoms with Crippen LogP contribution < -0.4 is 5.73 Å². The van der Waals surface area contributed by atoms with Gasteiger partial charge in [-0.25, -0.2) is 9.97 Å². The molecule has 0 spiro atoms. The van der Waals surface area contributed by atoms with E-state index in [1.165, 1.54) is 6.33 Å². The average Bonchev–Trinajstić information content (AvgIpc) is 2.04. The van der Waals surface area contributed by atoms with Gasteiger partial charge in [0.25, 0.3) is 0 Å². The van der Waals surface area contributed by atoms with Gasteiger partial charge in [0.2, 0.25) is 0 Å². The molecule has 0 saturated heterocycles. The molecule has 1 aromatic rings. The summed E-state index contributed by atoms with van der Waals surface area (Å²) in [5.41, 5.74) is 6.68.